The van der Waals surface area contributed by atoms with Gasteiger partial charge in [-0.1, -0.05) is 39.0 Å². The summed E-state index contributed by atoms with van der Waals surface area (Å²) in [6, 6.07) is 3.76. The van der Waals surface area contributed by atoms with Gasteiger partial charge in [-0.15, -0.1) is 0 Å². The van der Waals surface area contributed by atoms with Crippen LogP contribution in [0.3, 0.4) is 0 Å². The van der Waals surface area contributed by atoms with E-state index in [0.717, 1.165) is 11.1 Å². The number of hydrogen-bond acceptors (Lipinski definition) is 2. The van der Waals surface area contributed by atoms with E-state index in [1.807, 2.05) is 25.1 Å². The highest BCUT2D eigenvalue weighted by Crippen LogP contribution is 2.40. The number of phenolic OH excluding ortho intramolecular Hbond substituents is 1. The number of ether oxygens (including phenoxy) is 1. The summed E-state index contributed by atoms with van der Waals surface area (Å²) < 4.78 is 5.14. The minimum absolute atomic E-state index is 0.118. The highest BCUT2D eigenvalue weighted by atomic mass is 16.5. The van der Waals surface area contributed by atoms with E-state index in [2.05, 4.69) is 20.8 Å². The standard InChI is InChI=1S/C14H20O2/c1-6-7-10-8-9-11(16-5)13(15)12(10)14(2,3)4/h6-9,15H,1-5H3. The van der Waals surface area contributed by atoms with Gasteiger partial charge in [0.25, 0.3) is 0 Å². The van der Waals surface area contributed by atoms with E-state index in [0.29, 0.717) is 5.75 Å². The summed E-state index contributed by atoms with van der Waals surface area (Å²) in [5, 5.41) is 10.2. The molecular weight excluding hydrogens is 200 g/mol. The highest BCUT2D eigenvalue weighted by Gasteiger charge is 2.23. The Morgan fingerprint density at radius 2 is 1.88 bits per heavy atom. The van der Waals surface area contributed by atoms with Gasteiger partial charge in [-0.2, -0.15) is 0 Å². The Hall–Kier alpha value is -1.44. The second kappa shape index (κ2) is 4.60. The summed E-state index contributed by atoms with van der Waals surface area (Å²) in [6.07, 6.45) is 3.97. The van der Waals surface area contributed by atoms with Crippen LogP contribution < -0.4 is 4.74 Å². The summed E-state index contributed by atoms with van der Waals surface area (Å²) >= 11 is 0. The normalized spacial score (nSPS) is 12.1. The van der Waals surface area contributed by atoms with Gasteiger partial charge in [0.2, 0.25) is 0 Å². The first-order valence-corrected chi connectivity index (χ1v) is 5.45. The van der Waals surface area contributed by atoms with Crippen molar-refractivity contribution in [1.29, 1.82) is 0 Å². The van der Waals surface area contributed by atoms with Crippen LogP contribution in [0.2, 0.25) is 0 Å². The van der Waals surface area contributed by atoms with E-state index in [-0.39, 0.29) is 11.2 Å². The average Bonchev–Trinajstić information content (AvgIpc) is 2.16. The number of methoxy groups -OCH3 is 1. The van der Waals surface area contributed by atoms with E-state index in [1.165, 1.54) is 0 Å². The Bertz CT molecular complexity index is 398. The van der Waals surface area contributed by atoms with E-state index >= 15 is 0 Å². The van der Waals surface area contributed by atoms with Crippen molar-refractivity contribution in [2.45, 2.75) is 33.1 Å². The number of aromatic hydroxyl groups is 1. The molecular formula is C14H20O2. The third kappa shape index (κ3) is 2.38. The average molecular weight is 220 g/mol. The van der Waals surface area contributed by atoms with E-state index in [1.54, 1.807) is 13.2 Å². The first-order valence-electron chi connectivity index (χ1n) is 5.45. The molecule has 88 valence electrons. The molecule has 1 rings (SSSR count). The zero-order valence-electron chi connectivity index (χ0n) is 10.7. The van der Waals surface area contributed by atoms with Crippen LogP contribution in [0.25, 0.3) is 6.08 Å². The molecule has 0 bridgehead atoms. The zero-order valence-corrected chi connectivity index (χ0v) is 10.7. The fraction of sp³-hybridized carbons (Fsp3) is 0.429. The van der Waals surface area contributed by atoms with Crippen molar-refractivity contribution in [3.8, 4) is 11.5 Å². The van der Waals surface area contributed by atoms with Gasteiger partial charge < -0.3 is 9.84 Å². The fourth-order valence-corrected chi connectivity index (χ4v) is 1.86. The lowest BCUT2D eigenvalue weighted by Crippen LogP contribution is -2.13. The molecule has 16 heavy (non-hydrogen) atoms. The van der Waals surface area contributed by atoms with Gasteiger partial charge in [0.1, 0.15) is 0 Å². The van der Waals surface area contributed by atoms with Crippen LogP contribution in [-0.4, -0.2) is 12.2 Å². The van der Waals surface area contributed by atoms with Crippen LogP contribution in [0.4, 0.5) is 0 Å². The summed E-state index contributed by atoms with van der Waals surface area (Å²) in [5.41, 5.74) is 1.84. The number of rotatable bonds is 2. The summed E-state index contributed by atoms with van der Waals surface area (Å²) in [6.45, 7) is 8.20. The monoisotopic (exact) mass is 220 g/mol. The number of allylic oxidation sites excluding steroid dienone is 1. The Balaban J connectivity index is 3.49. The van der Waals surface area contributed by atoms with Gasteiger partial charge in [-0.25, -0.2) is 0 Å². The van der Waals surface area contributed by atoms with Gasteiger partial charge in [0, 0.05) is 5.56 Å². The molecule has 2 heteroatoms. The maximum Gasteiger partial charge on any atom is 0.162 e. The summed E-state index contributed by atoms with van der Waals surface area (Å²) in [5.74, 6) is 0.767. The van der Waals surface area contributed by atoms with Gasteiger partial charge in [-0.05, 0) is 24.0 Å². The predicted molar refractivity (Wildman–Crippen MR) is 68.1 cm³/mol. The second-order valence-corrected chi connectivity index (χ2v) is 4.83. The molecule has 0 aliphatic heterocycles. The maximum absolute atomic E-state index is 10.2. The largest absolute Gasteiger partial charge is 0.504 e. The van der Waals surface area contributed by atoms with Crippen molar-refractivity contribution in [3.05, 3.63) is 29.3 Å². The molecule has 1 aromatic carbocycles. The first kappa shape index (κ1) is 12.6. The van der Waals surface area contributed by atoms with Crippen LogP contribution in [0, 0.1) is 0 Å². The van der Waals surface area contributed by atoms with Crippen molar-refractivity contribution in [3.63, 3.8) is 0 Å². The number of benzene rings is 1. The van der Waals surface area contributed by atoms with Crippen LogP contribution in [0.5, 0.6) is 11.5 Å². The molecule has 2 nitrogen and oxygen atoms in total. The molecule has 0 amide bonds. The first-order chi connectivity index (χ1) is 7.41. The smallest absolute Gasteiger partial charge is 0.162 e. The topological polar surface area (TPSA) is 29.5 Å². The van der Waals surface area contributed by atoms with Crippen molar-refractivity contribution in [2.24, 2.45) is 0 Å². The highest BCUT2D eigenvalue weighted by molar-refractivity contribution is 5.63. The molecule has 0 aromatic heterocycles. The predicted octanol–water partition coefficient (Wildman–Crippen LogP) is 3.73. The fourth-order valence-electron chi connectivity index (χ4n) is 1.86. The molecule has 0 radical (unpaired) electrons. The van der Waals surface area contributed by atoms with Crippen LogP contribution in [-0.2, 0) is 5.41 Å². The molecule has 0 atom stereocenters. The maximum atomic E-state index is 10.2. The SMILES string of the molecule is CC=Cc1ccc(OC)c(O)c1C(C)(C)C. The van der Waals surface area contributed by atoms with E-state index in [4.69, 9.17) is 4.74 Å². The lowest BCUT2D eigenvalue weighted by atomic mass is 9.82. The molecule has 1 aromatic rings. The van der Waals surface area contributed by atoms with Crippen LogP contribution in [0.1, 0.15) is 38.8 Å². The molecule has 1 N–H and O–H groups in total. The van der Waals surface area contributed by atoms with Crippen molar-refractivity contribution in [1.82, 2.24) is 0 Å². The third-order valence-electron chi connectivity index (χ3n) is 2.49. The Kier molecular flexibility index (Phi) is 3.63. The Labute approximate surface area is 97.6 Å². The minimum atomic E-state index is -0.118. The van der Waals surface area contributed by atoms with Gasteiger partial charge in [-0.3, -0.25) is 0 Å². The van der Waals surface area contributed by atoms with Crippen LogP contribution >= 0.6 is 0 Å². The molecule has 0 fully saturated rings. The molecule has 0 unspecified atom stereocenters. The quantitative estimate of drug-likeness (QED) is 0.822. The van der Waals surface area contributed by atoms with E-state index < -0.39 is 0 Å². The molecule has 0 aliphatic rings. The number of hydrogen-bond donors (Lipinski definition) is 1. The van der Waals surface area contributed by atoms with Crippen molar-refractivity contribution >= 4 is 6.08 Å². The Morgan fingerprint density at radius 1 is 1.25 bits per heavy atom. The van der Waals surface area contributed by atoms with Crippen LogP contribution in [0.15, 0.2) is 18.2 Å². The Morgan fingerprint density at radius 3 is 2.31 bits per heavy atom. The van der Waals surface area contributed by atoms with Crippen molar-refractivity contribution < 1.29 is 9.84 Å². The molecule has 0 saturated carbocycles. The minimum Gasteiger partial charge on any atom is -0.504 e. The summed E-state index contributed by atoms with van der Waals surface area (Å²) in [7, 11) is 1.57. The number of phenols is 1. The van der Waals surface area contributed by atoms with Gasteiger partial charge in [0.15, 0.2) is 11.5 Å². The lowest BCUT2D eigenvalue weighted by molar-refractivity contribution is 0.364. The van der Waals surface area contributed by atoms with Gasteiger partial charge >= 0.3 is 0 Å². The molecule has 0 saturated heterocycles. The molecule has 0 spiro atoms. The zero-order chi connectivity index (χ0) is 12.3. The lowest BCUT2D eigenvalue weighted by Gasteiger charge is -2.24. The second-order valence-electron chi connectivity index (χ2n) is 4.83. The molecule has 0 aliphatic carbocycles. The summed E-state index contributed by atoms with van der Waals surface area (Å²) in [4.78, 5) is 0. The molecule has 0 heterocycles. The third-order valence-corrected chi connectivity index (χ3v) is 2.49. The van der Waals surface area contributed by atoms with E-state index in [9.17, 15) is 5.11 Å². The van der Waals surface area contributed by atoms with Crippen molar-refractivity contribution in [2.75, 3.05) is 7.11 Å². The van der Waals surface area contributed by atoms with Gasteiger partial charge in [0.05, 0.1) is 7.11 Å².